The van der Waals surface area contributed by atoms with Gasteiger partial charge in [0, 0.05) is 23.1 Å². The molecule has 0 saturated carbocycles. The molecule has 0 aliphatic heterocycles. The molecule has 0 spiro atoms. The van der Waals surface area contributed by atoms with Gasteiger partial charge in [-0.1, -0.05) is 23.7 Å². The van der Waals surface area contributed by atoms with Crippen LogP contribution in [0.2, 0.25) is 5.02 Å². The first-order valence-corrected chi connectivity index (χ1v) is 6.60. The highest BCUT2D eigenvalue weighted by molar-refractivity contribution is 7.98. The molecule has 0 aromatic heterocycles. The van der Waals surface area contributed by atoms with Crippen LogP contribution in [0, 0.1) is 0 Å². The molecule has 96 valence electrons. The molecule has 1 aromatic rings. The lowest BCUT2D eigenvalue weighted by atomic mass is 10.2. The number of hydrogen-bond acceptors (Lipinski definition) is 2. The van der Waals surface area contributed by atoms with Gasteiger partial charge < -0.3 is 5.32 Å². The molecule has 1 N–H and O–H groups in total. The Morgan fingerprint density at radius 2 is 1.82 bits per heavy atom. The van der Waals surface area contributed by atoms with Crippen LogP contribution in [0.5, 0.6) is 0 Å². The molecule has 0 atom stereocenters. The zero-order valence-electron chi connectivity index (χ0n) is 9.06. The molecule has 0 bridgehead atoms. The first kappa shape index (κ1) is 14.7. The monoisotopic (exact) mass is 283 g/mol. The summed E-state index contributed by atoms with van der Waals surface area (Å²) in [6.07, 6.45) is -4.12. The van der Waals surface area contributed by atoms with Gasteiger partial charge in [0.1, 0.15) is 0 Å². The lowest BCUT2D eigenvalue weighted by Gasteiger charge is -2.07. The number of benzene rings is 1. The average Bonchev–Trinajstić information content (AvgIpc) is 2.24. The highest BCUT2D eigenvalue weighted by Crippen LogP contribution is 2.15. The summed E-state index contributed by atoms with van der Waals surface area (Å²) in [5.41, 5.74) is 1.12. The van der Waals surface area contributed by atoms with Gasteiger partial charge >= 0.3 is 6.18 Å². The van der Waals surface area contributed by atoms with Gasteiger partial charge in [0.15, 0.2) is 0 Å². The van der Waals surface area contributed by atoms with Crippen LogP contribution in [0.3, 0.4) is 0 Å². The second-order valence-electron chi connectivity index (χ2n) is 3.47. The van der Waals surface area contributed by atoms with Gasteiger partial charge in [-0.3, -0.25) is 0 Å². The Morgan fingerprint density at radius 1 is 1.18 bits per heavy atom. The molecule has 0 amide bonds. The van der Waals surface area contributed by atoms with E-state index in [1.54, 1.807) is 23.9 Å². The summed E-state index contributed by atoms with van der Waals surface area (Å²) in [6, 6.07) is 7.44. The Labute approximate surface area is 108 Å². The fraction of sp³-hybridized carbons (Fsp3) is 0.455. The number of nitrogens with one attached hydrogen (secondary N) is 1. The number of thioether (sulfide) groups is 1. The van der Waals surface area contributed by atoms with E-state index in [-0.39, 0.29) is 0 Å². The quantitative estimate of drug-likeness (QED) is 0.799. The van der Waals surface area contributed by atoms with E-state index in [0.717, 1.165) is 11.3 Å². The van der Waals surface area contributed by atoms with E-state index in [1.165, 1.54) is 0 Å². The molecule has 0 aliphatic rings. The minimum Gasteiger partial charge on any atom is -0.308 e. The Kier molecular flexibility index (Phi) is 6.16. The topological polar surface area (TPSA) is 12.0 Å². The Morgan fingerprint density at radius 3 is 2.41 bits per heavy atom. The molecule has 1 rings (SSSR count). The van der Waals surface area contributed by atoms with E-state index in [9.17, 15) is 13.2 Å². The molecule has 0 saturated heterocycles. The van der Waals surface area contributed by atoms with Gasteiger partial charge in [-0.2, -0.15) is 24.9 Å². The first-order chi connectivity index (χ1) is 7.97. The zero-order chi connectivity index (χ0) is 12.7. The first-order valence-electron chi connectivity index (χ1n) is 5.07. The summed E-state index contributed by atoms with van der Waals surface area (Å²) < 4.78 is 35.4. The van der Waals surface area contributed by atoms with Gasteiger partial charge in [0.2, 0.25) is 0 Å². The van der Waals surface area contributed by atoms with Gasteiger partial charge in [-0.25, -0.2) is 0 Å². The highest BCUT2D eigenvalue weighted by Gasteiger charge is 2.25. The fourth-order valence-corrected chi connectivity index (χ4v) is 2.13. The molecule has 17 heavy (non-hydrogen) atoms. The summed E-state index contributed by atoms with van der Waals surface area (Å²) in [5.74, 6) is 1.43. The van der Waals surface area contributed by atoms with E-state index in [2.05, 4.69) is 5.32 Å². The molecule has 0 heterocycles. The normalized spacial score (nSPS) is 11.8. The number of halogens is 4. The number of rotatable bonds is 6. The van der Waals surface area contributed by atoms with Crippen LogP contribution in [0.25, 0.3) is 0 Å². The molecule has 0 aliphatic carbocycles. The smallest absolute Gasteiger partial charge is 0.308 e. The zero-order valence-corrected chi connectivity index (χ0v) is 10.6. The minimum atomic E-state index is -4.12. The van der Waals surface area contributed by atoms with Crippen LogP contribution >= 0.6 is 23.4 Å². The third-order valence-corrected chi connectivity index (χ3v) is 3.21. The summed E-state index contributed by atoms with van der Waals surface area (Å²) in [4.78, 5) is 0. The number of alkyl halides is 3. The maximum absolute atomic E-state index is 11.8. The highest BCUT2D eigenvalue weighted by atomic mass is 35.5. The van der Waals surface area contributed by atoms with Crippen LogP contribution in [0.15, 0.2) is 24.3 Å². The van der Waals surface area contributed by atoms with Crippen LogP contribution in [0.4, 0.5) is 13.2 Å². The molecule has 0 unspecified atom stereocenters. The lowest BCUT2D eigenvalue weighted by molar-refractivity contribution is -0.124. The van der Waals surface area contributed by atoms with Crippen molar-refractivity contribution in [2.24, 2.45) is 0 Å². The van der Waals surface area contributed by atoms with E-state index in [0.29, 0.717) is 17.3 Å². The summed E-state index contributed by atoms with van der Waals surface area (Å²) in [6.45, 7) is -0.563. The SMILES string of the molecule is FC(F)(F)CNCCSCc1ccc(Cl)cc1. The van der Waals surface area contributed by atoms with E-state index >= 15 is 0 Å². The summed E-state index contributed by atoms with van der Waals surface area (Å²) >= 11 is 7.32. The predicted molar refractivity (Wildman–Crippen MR) is 66.5 cm³/mol. The van der Waals surface area contributed by atoms with Crippen molar-refractivity contribution >= 4 is 23.4 Å². The van der Waals surface area contributed by atoms with Crippen molar-refractivity contribution in [3.05, 3.63) is 34.9 Å². The molecule has 1 aromatic carbocycles. The summed E-state index contributed by atoms with van der Waals surface area (Å²) in [5, 5.41) is 3.04. The van der Waals surface area contributed by atoms with Gasteiger partial charge in [0.05, 0.1) is 6.54 Å². The molecular formula is C11H13ClF3NS. The molecule has 6 heteroatoms. The Bertz CT molecular complexity index is 326. The van der Waals surface area contributed by atoms with Crippen molar-refractivity contribution in [2.75, 3.05) is 18.8 Å². The molecule has 1 nitrogen and oxygen atoms in total. The van der Waals surface area contributed by atoms with Crippen LogP contribution in [-0.2, 0) is 5.75 Å². The third-order valence-electron chi connectivity index (χ3n) is 1.93. The maximum Gasteiger partial charge on any atom is 0.401 e. The van der Waals surface area contributed by atoms with Crippen LogP contribution in [0.1, 0.15) is 5.56 Å². The fourth-order valence-electron chi connectivity index (χ4n) is 1.15. The van der Waals surface area contributed by atoms with Gasteiger partial charge in [-0.05, 0) is 17.7 Å². The van der Waals surface area contributed by atoms with Crippen molar-refractivity contribution in [1.29, 1.82) is 0 Å². The summed E-state index contributed by atoms with van der Waals surface area (Å²) in [7, 11) is 0. The van der Waals surface area contributed by atoms with Crippen molar-refractivity contribution in [1.82, 2.24) is 5.32 Å². The standard InChI is InChI=1S/C11H13ClF3NS/c12-10-3-1-9(2-4-10)7-17-6-5-16-8-11(13,14)15/h1-4,16H,5-8H2. The lowest BCUT2D eigenvalue weighted by Crippen LogP contribution is -2.30. The largest absolute Gasteiger partial charge is 0.401 e. The average molecular weight is 284 g/mol. The van der Waals surface area contributed by atoms with E-state index < -0.39 is 12.7 Å². The second-order valence-corrected chi connectivity index (χ2v) is 5.01. The van der Waals surface area contributed by atoms with Crippen molar-refractivity contribution in [2.45, 2.75) is 11.9 Å². The molecular weight excluding hydrogens is 271 g/mol. The number of hydrogen-bond donors (Lipinski definition) is 1. The Hall–Kier alpha value is -0.390. The predicted octanol–water partition coefficient (Wildman–Crippen LogP) is 3.73. The van der Waals surface area contributed by atoms with E-state index in [4.69, 9.17) is 11.6 Å². The minimum absolute atomic E-state index is 0.359. The van der Waals surface area contributed by atoms with Crippen LogP contribution < -0.4 is 5.32 Å². The second kappa shape index (κ2) is 7.13. The van der Waals surface area contributed by atoms with Crippen LogP contribution in [-0.4, -0.2) is 25.0 Å². The van der Waals surface area contributed by atoms with Crippen molar-refractivity contribution < 1.29 is 13.2 Å². The van der Waals surface area contributed by atoms with E-state index in [1.807, 2.05) is 12.1 Å². The van der Waals surface area contributed by atoms with Gasteiger partial charge in [0.25, 0.3) is 0 Å². The third kappa shape index (κ3) is 7.52. The van der Waals surface area contributed by atoms with Crippen molar-refractivity contribution in [3.63, 3.8) is 0 Å². The molecule has 0 fully saturated rings. The van der Waals surface area contributed by atoms with Gasteiger partial charge in [-0.15, -0.1) is 0 Å². The Balaban J connectivity index is 2.07. The molecule has 0 radical (unpaired) electrons. The van der Waals surface area contributed by atoms with Crippen molar-refractivity contribution in [3.8, 4) is 0 Å². The maximum atomic E-state index is 11.8.